The number of methoxy groups -OCH3 is 1. The monoisotopic (exact) mass is 444 g/mol. The van der Waals surface area contributed by atoms with Gasteiger partial charge in [-0.05, 0) is 54.1 Å². The first kappa shape index (κ1) is 21.6. The van der Waals surface area contributed by atoms with Crippen molar-refractivity contribution >= 4 is 23.3 Å². The lowest BCUT2D eigenvalue weighted by Gasteiger charge is -2.08. The third-order valence-electron chi connectivity index (χ3n) is 4.73. The van der Waals surface area contributed by atoms with Crippen LogP contribution in [0, 0.1) is 0 Å². The molecule has 4 rings (SSSR count). The fraction of sp³-hybridized carbons (Fsp3) is 0.0833. The topological polar surface area (TPSA) is 119 Å². The largest absolute Gasteiger partial charge is 0.508 e. The van der Waals surface area contributed by atoms with Gasteiger partial charge in [-0.15, -0.1) is 0 Å². The third-order valence-corrected chi connectivity index (χ3v) is 4.73. The summed E-state index contributed by atoms with van der Waals surface area (Å²) < 4.78 is 6.22. The minimum absolute atomic E-state index is 0.0852. The van der Waals surface area contributed by atoms with Crippen molar-refractivity contribution in [2.45, 2.75) is 6.61 Å². The summed E-state index contributed by atoms with van der Waals surface area (Å²) in [5.74, 6) is 0.690. The van der Waals surface area contributed by atoms with Crippen LogP contribution in [0.15, 0.2) is 81.8 Å². The first-order valence-electron chi connectivity index (χ1n) is 9.91. The lowest BCUT2D eigenvalue weighted by molar-refractivity contribution is 0.123. The van der Waals surface area contributed by atoms with Crippen LogP contribution in [0.25, 0.3) is 10.9 Å². The highest BCUT2D eigenvalue weighted by molar-refractivity contribution is 5.84. The van der Waals surface area contributed by atoms with Gasteiger partial charge in [-0.25, -0.2) is 4.98 Å². The van der Waals surface area contributed by atoms with Crippen LogP contribution in [0.4, 0.5) is 0 Å². The van der Waals surface area contributed by atoms with Crippen LogP contribution in [0.5, 0.6) is 17.2 Å². The summed E-state index contributed by atoms with van der Waals surface area (Å²) in [7, 11) is 1.59. The zero-order valence-electron chi connectivity index (χ0n) is 17.6. The summed E-state index contributed by atoms with van der Waals surface area (Å²) in [6.07, 6.45) is 2.83. The average molecular weight is 444 g/mol. The Morgan fingerprint density at radius 1 is 1.03 bits per heavy atom. The Balaban J connectivity index is 1.62. The third kappa shape index (κ3) is 4.99. The van der Waals surface area contributed by atoms with Crippen LogP contribution in [-0.2, 0) is 11.4 Å². The molecule has 33 heavy (non-hydrogen) atoms. The Hall–Kier alpha value is -4.66. The van der Waals surface area contributed by atoms with Crippen molar-refractivity contribution < 1.29 is 19.8 Å². The summed E-state index contributed by atoms with van der Waals surface area (Å²) in [5.41, 5.74) is 1.23. The highest BCUT2D eigenvalue weighted by atomic mass is 16.6. The van der Waals surface area contributed by atoms with E-state index < -0.39 is 5.56 Å². The molecule has 166 valence electrons. The molecule has 0 atom stereocenters. The first-order chi connectivity index (χ1) is 16.0. The molecule has 0 amide bonds. The maximum atomic E-state index is 13.0. The molecule has 0 aliphatic heterocycles. The number of ether oxygens (including phenoxy) is 1. The van der Waals surface area contributed by atoms with E-state index in [-0.39, 0.29) is 23.9 Å². The second-order valence-electron chi connectivity index (χ2n) is 6.93. The Labute approximate surface area is 188 Å². The normalized spacial score (nSPS) is 11.4. The molecule has 0 saturated carbocycles. The quantitative estimate of drug-likeness (QED) is 0.334. The molecule has 1 aromatic heterocycles. The van der Waals surface area contributed by atoms with Gasteiger partial charge in [0.25, 0.3) is 5.56 Å². The van der Waals surface area contributed by atoms with Crippen molar-refractivity contribution in [3.05, 3.63) is 94.0 Å². The van der Waals surface area contributed by atoms with Gasteiger partial charge >= 0.3 is 0 Å². The van der Waals surface area contributed by atoms with E-state index in [1.165, 1.54) is 30.6 Å². The number of benzene rings is 3. The summed E-state index contributed by atoms with van der Waals surface area (Å²) in [6, 6.07) is 18.2. The summed E-state index contributed by atoms with van der Waals surface area (Å²) >= 11 is 0. The fourth-order valence-corrected chi connectivity index (χ4v) is 3.03. The summed E-state index contributed by atoms with van der Waals surface area (Å²) in [6.45, 7) is -0.119. The van der Waals surface area contributed by atoms with Crippen molar-refractivity contribution in [3.8, 4) is 17.2 Å². The molecule has 0 aliphatic carbocycles. The van der Waals surface area contributed by atoms with E-state index >= 15 is 0 Å². The van der Waals surface area contributed by atoms with E-state index in [0.29, 0.717) is 16.5 Å². The lowest BCUT2D eigenvalue weighted by atomic mass is 10.2. The summed E-state index contributed by atoms with van der Waals surface area (Å²) in [5, 5.41) is 28.0. The predicted octanol–water partition coefficient (Wildman–Crippen LogP) is 3.25. The maximum absolute atomic E-state index is 13.0. The van der Waals surface area contributed by atoms with Crippen molar-refractivity contribution in [2.75, 3.05) is 7.11 Å². The van der Waals surface area contributed by atoms with E-state index in [2.05, 4.69) is 15.2 Å². The molecular formula is C24H20N4O5. The highest BCUT2D eigenvalue weighted by Crippen LogP contribution is 2.21. The molecule has 0 spiro atoms. The van der Waals surface area contributed by atoms with Crippen LogP contribution in [0.2, 0.25) is 0 Å². The van der Waals surface area contributed by atoms with Crippen LogP contribution >= 0.6 is 0 Å². The first-order valence-corrected chi connectivity index (χ1v) is 9.91. The second kappa shape index (κ2) is 9.65. The Morgan fingerprint density at radius 2 is 1.82 bits per heavy atom. The van der Waals surface area contributed by atoms with Crippen LogP contribution in [-0.4, -0.2) is 39.4 Å². The van der Waals surface area contributed by atoms with Crippen LogP contribution < -0.4 is 10.3 Å². The Kier molecular flexibility index (Phi) is 6.31. The van der Waals surface area contributed by atoms with E-state index in [4.69, 9.17) is 9.57 Å². The molecular weight excluding hydrogens is 424 g/mol. The molecule has 4 aromatic rings. The Morgan fingerprint density at radius 3 is 2.58 bits per heavy atom. The lowest BCUT2D eigenvalue weighted by Crippen LogP contribution is -2.22. The van der Waals surface area contributed by atoms with Gasteiger partial charge in [-0.3, -0.25) is 4.79 Å². The van der Waals surface area contributed by atoms with E-state index in [1.54, 1.807) is 43.5 Å². The number of aromatic hydroxyl groups is 2. The van der Waals surface area contributed by atoms with Crippen molar-refractivity contribution in [1.29, 1.82) is 0 Å². The minimum atomic E-state index is -0.396. The van der Waals surface area contributed by atoms with Gasteiger partial charge in [-0.2, -0.15) is 9.78 Å². The average Bonchev–Trinajstić information content (AvgIpc) is 2.83. The molecule has 0 unspecified atom stereocenters. The van der Waals surface area contributed by atoms with Crippen LogP contribution in [0.3, 0.4) is 0 Å². The molecule has 0 saturated heterocycles. The van der Waals surface area contributed by atoms with Crippen LogP contribution in [0.1, 0.15) is 17.0 Å². The van der Waals surface area contributed by atoms with E-state index in [0.717, 1.165) is 16.0 Å². The SMILES string of the molecule is COc1ccc(C=NOCc2nc3ccccc3c(=O)n2/N=C/c2ccc(O)cc2O)cc1. The number of hydrogen-bond acceptors (Lipinski definition) is 8. The molecule has 0 bridgehead atoms. The number of rotatable bonds is 7. The second-order valence-corrected chi connectivity index (χ2v) is 6.93. The predicted molar refractivity (Wildman–Crippen MR) is 124 cm³/mol. The summed E-state index contributed by atoms with van der Waals surface area (Å²) in [4.78, 5) is 22.9. The number of para-hydroxylation sites is 1. The van der Waals surface area contributed by atoms with E-state index in [9.17, 15) is 15.0 Å². The highest BCUT2D eigenvalue weighted by Gasteiger charge is 2.11. The van der Waals surface area contributed by atoms with Gasteiger partial charge in [0.05, 0.1) is 30.4 Å². The number of fused-ring (bicyclic) bond motifs is 1. The number of oxime groups is 1. The van der Waals surface area contributed by atoms with Gasteiger partial charge in [0, 0.05) is 11.6 Å². The van der Waals surface area contributed by atoms with Gasteiger partial charge < -0.3 is 19.8 Å². The number of aromatic nitrogens is 2. The van der Waals surface area contributed by atoms with E-state index in [1.807, 2.05) is 12.1 Å². The number of nitrogens with zero attached hydrogens (tertiary/aromatic N) is 4. The zero-order chi connectivity index (χ0) is 23.2. The van der Waals surface area contributed by atoms with Gasteiger partial charge in [-0.1, -0.05) is 17.3 Å². The molecule has 9 nitrogen and oxygen atoms in total. The number of phenolic OH excluding ortho intramolecular Hbond substituents is 2. The molecule has 1 heterocycles. The standard InChI is InChI=1S/C24H20N4O5/c1-32-19-10-6-16(7-11-19)13-26-33-15-23-27-21-5-3-2-4-20(21)24(31)28(23)25-14-17-8-9-18(29)12-22(17)30/h2-14,29-30H,15H2,1H3/b25-14+,26-13?. The van der Waals surface area contributed by atoms with Gasteiger partial charge in [0.2, 0.25) is 0 Å². The zero-order valence-corrected chi connectivity index (χ0v) is 17.6. The van der Waals surface area contributed by atoms with Gasteiger partial charge in [0.1, 0.15) is 17.2 Å². The van der Waals surface area contributed by atoms with Crippen molar-refractivity contribution in [3.63, 3.8) is 0 Å². The maximum Gasteiger partial charge on any atom is 0.282 e. The van der Waals surface area contributed by atoms with Gasteiger partial charge in [0.15, 0.2) is 12.4 Å². The molecule has 0 fully saturated rings. The Bertz CT molecular complexity index is 1390. The molecule has 3 aromatic carbocycles. The molecule has 2 N–H and O–H groups in total. The molecule has 0 radical (unpaired) electrons. The smallest absolute Gasteiger partial charge is 0.282 e. The fourth-order valence-electron chi connectivity index (χ4n) is 3.03. The molecule has 9 heteroatoms. The van der Waals surface area contributed by atoms with Crippen molar-refractivity contribution in [2.24, 2.45) is 10.3 Å². The molecule has 0 aliphatic rings. The number of hydrogen-bond donors (Lipinski definition) is 2. The minimum Gasteiger partial charge on any atom is -0.508 e. The number of phenols is 2. The van der Waals surface area contributed by atoms with Crippen molar-refractivity contribution in [1.82, 2.24) is 9.66 Å².